The van der Waals surface area contributed by atoms with Gasteiger partial charge in [0, 0.05) is 13.6 Å². The molecule has 0 aliphatic carbocycles. The average Bonchev–Trinajstić information content (AvgIpc) is 2.04. The second-order valence-electron chi connectivity index (χ2n) is 2.11. The Hall–Kier alpha value is -1.59. The summed E-state index contributed by atoms with van der Waals surface area (Å²) in [7, 11) is 1.66. The maximum absolute atomic E-state index is 10.9. The maximum atomic E-state index is 10.9. The van der Waals surface area contributed by atoms with E-state index >= 15 is 0 Å². The van der Waals surface area contributed by atoms with Crippen LogP contribution in [0.15, 0.2) is 4.79 Å². The summed E-state index contributed by atoms with van der Waals surface area (Å²) in [6.07, 6.45) is 0. The van der Waals surface area contributed by atoms with Crippen molar-refractivity contribution in [3.8, 4) is 0 Å². The molecule has 6 nitrogen and oxygen atoms in total. The minimum absolute atomic E-state index is 0.315. The van der Waals surface area contributed by atoms with Crippen LogP contribution in [-0.4, -0.2) is 28.5 Å². The molecule has 0 atom stereocenters. The van der Waals surface area contributed by atoms with Crippen LogP contribution in [0.3, 0.4) is 0 Å². The second-order valence-corrected chi connectivity index (χ2v) is 2.11. The number of H-pyrrole nitrogens is 1. The molecule has 66 valence electrons. The number of nitrogens with zero attached hydrogens (tertiary/aromatic N) is 2. The highest BCUT2D eigenvalue weighted by Gasteiger charge is 1.97. The molecule has 0 amide bonds. The summed E-state index contributed by atoms with van der Waals surface area (Å²) < 4.78 is 0. The van der Waals surface area contributed by atoms with E-state index in [2.05, 4.69) is 25.6 Å². The second kappa shape index (κ2) is 3.70. The molecule has 1 aromatic heterocycles. The van der Waals surface area contributed by atoms with Gasteiger partial charge in [-0.1, -0.05) is 0 Å². The summed E-state index contributed by atoms with van der Waals surface area (Å²) in [5.74, 6) is 0.747. The molecule has 0 saturated carbocycles. The van der Waals surface area contributed by atoms with Gasteiger partial charge in [0.25, 0.3) is 0 Å². The van der Waals surface area contributed by atoms with Gasteiger partial charge in [-0.25, -0.2) is 4.79 Å². The Balaban J connectivity index is 2.98. The molecule has 0 spiro atoms. The summed E-state index contributed by atoms with van der Waals surface area (Å²) in [5.41, 5.74) is -0.412. The molecular weight excluding hydrogens is 158 g/mol. The fraction of sp³-hybridized carbons (Fsp3) is 0.500. The van der Waals surface area contributed by atoms with Crippen LogP contribution in [0.4, 0.5) is 11.9 Å². The van der Waals surface area contributed by atoms with Gasteiger partial charge in [0.15, 0.2) is 0 Å². The molecule has 12 heavy (non-hydrogen) atoms. The van der Waals surface area contributed by atoms with E-state index < -0.39 is 5.69 Å². The van der Waals surface area contributed by atoms with Crippen molar-refractivity contribution in [1.29, 1.82) is 0 Å². The molecule has 6 heteroatoms. The zero-order valence-corrected chi connectivity index (χ0v) is 7.01. The van der Waals surface area contributed by atoms with Crippen molar-refractivity contribution in [1.82, 2.24) is 15.0 Å². The largest absolute Gasteiger partial charge is 0.357 e. The van der Waals surface area contributed by atoms with Crippen molar-refractivity contribution in [2.75, 3.05) is 24.2 Å². The highest BCUT2D eigenvalue weighted by Crippen LogP contribution is 1.96. The predicted octanol–water partition coefficient (Wildman–Crippen LogP) is -0.362. The Morgan fingerprint density at radius 3 is 2.83 bits per heavy atom. The van der Waals surface area contributed by atoms with Crippen molar-refractivity contribution in [2.24, 2.45) is 0 Å². The fourth-order valence-electron chi connectivity index (χ4n) is 0.747. The van der Waals surface area contributed by atoms with E-state index in [0.717, 1.165) is 0 Å². The molecule has 0 unspecified atom stereocenters. The zero-order valence-electron chi connectivity index (χ0n) is 7.01. The topological polar surface area (TPSA) is 82.7 Å². The summed E-state index contributed by atoms with van der Waals surface area (Å²) in [6.45, 7) is 2.62. The van der Waals surface area contributed by atoms with E-state index in [4.69, 9.17) is 0 Å². The van der Waals surface area contributed by atoms with Crippen molar-refractivity contribution in [3.63, 3.8) is 0 Å². The molecule has 3 N–H and O–H groups in total. The van der Waals surface area contributed by atoms with E-state index in [-0.39, 0.29) is 0 Å². The summed E-state index contributed by atoms with van der Waals surface area (Å²) in [5, 5.41) is 5.56. The van der Waals surface area contributed by atoms with Crippen molar-refractivity contribution in [3.05, 3.63) is 10.5 Å². The molecule has 1 heterocycles. The zero-order chi connectivity index (χ0) is 8.97. The Kier molecular flexibility index (Phi) is 2.62. The number of aromatic amines is 1. The van der Waals surface area contributed by atoms with Crippen LogP contribution in [0, 0.1) is 0 Å². The van der Waals surface area contributed by atoms with Gasteiger partial charge in [-0.05, 0) is 6.92 Å². The first-order chi connectivity index (χ1) is 5.76. The molecule has 0 bridgehead atoms. The number of nitrogens with one attached hydrogen (secondary N) is 3. The average molecular weight is 169 g/mol. The molecule has 0 fully saturated rings. The number of anilines is 2. The standard InChI is InChI=1S/C6H11N5O/c1-3-8-5-9-4(7-2)10-6(12)11-5/h3H2,1-2H3,(H3,7,8,9,10,11,12). The molecule has 0 aromatic carbocycles. The Morgan fingerprint density at radius 2 is 2.25 bits per heavy atom. The van der Waals surface area contributed by atoms with Crippen LogP contribution in [0.25, 0.3) is 0 Å². The number of hydrogen-bond donors (Lipinski definition) is 3. The van der Waals surface area contributed by atoms with Gasteiger partial charge < -0.3 is 10.6 Å². The van der Waals surface area contributed by atoms with E-state index in [1.807, 2.05) is 6.92 Å². The Labute approximate surface area is 69.4 Å². The molecule has 0 saturated heterocycles. The van der Waals surface area contributed by atoms with Gasteiger partial charge in [0.05, 0.1) is 0 Å². The van der Waals surface area contributed by atoms with E-state index in [9.17, 15) is 4.79 Å². The number of aromatic nitrogens is 3. The minimum Gasteiger partial charge on any atom is -0.357 e. The normalized spacial score (nSPS) is 9.50. The monoisotopic (exact) mass is 169 g/mol. The smallest absolute Gasteiger partial charge is 0.350 e. The van der Waals surface area contributed by atoms with Crippen LogP contribution >= 0.6 is 0 Å². The first-order valence-corrected chi connectivity index (χ1v) is 3.66. The van der Waals surface area contributed by atoms with Crippen molar-refractivity contribution in [2.45, 2.75) is 6.92 Å². The van der Waals surface area contributed by atoms with Crippen LogP contribution in [0.2, 0.25) is 0 Å². The maximum Gasteiger partial charge on any atom is 0.350 e. The third kappa shape index (κ3) is 1.94. The lowest BCUT2D eigenvalue weighted by Crippen LogP contribution is -2.17. The van der Waals surface area contributed by atoms with Crippen LogP contribution in [0.5, 0.6) is 0 Å². The molecule has 1 aromatic rings. The van der Waals surface area contributed by atoms with E-state index in [1.165, 1.54) is 0 Å². The summed E-state index contributed by atoms with van der Waals surface area (Å²) >= 11 is 0. The van der Waals surface area contributed by atoms with Crippen molar-refractivity contribution < 1.29 is 0 Å². The first kappa shape index (κ1) is 8.51. The van der Waals surface area contributed by atoms with Gasteiger partial charge in [-0.3, -0.25) is 4.98 Å². The first-order valence-electron chi connectivity index (χ1n) is 3.66. The van der Waals surface area contributed by atoms with Gasteiger partial charge in [-0.2, -0.15) is 9.97 Å². The van der Waals surface area contributed by atoms with Gasteiger partial charge in [0.2, 0.25) is 11.9 Å². The van der Waals surface area contributed by atoms with Crippen LogP contribution in [-0.2, 0) is 0 Å². The van der Waals surface area contributed by atoms with Crippen LogP contribution in [0.1, 0.15) is 6.92 Å². The lowest BCUT2D eigenvalue weighted by molar-refractivity contribution is 0.972. The highest BCUT2D eigenvalue weighted by atomic mass is 16.1. The van der Waals surface area contributed by atoms with E-state index in [1.54, 1.807) is 7.05 Å². The summed E-state index contributed by atoms with van der Waals surface area (Å²) in [6, 6.07) is 0. The predicted molar refractivity (Wildman–Crippen MR) is 46.4 cm³/mol. The number of rotatable bonds is 3. The lowest BCUT2D eigenvalue weighted by Gasteiger charge is -2.02. The molecular formula is C6H11N5O. The molecule has 0 aliphatic rings. The minimum atomic E-state index is -0.412. The third-order valence-electron chi connectivity index (χ3n) is 1.22. The third-order valence-corrected chi connectivity index (χ3v) is 1.22. The quantitative estimate of drug-likeness (QED) is 0.575. The number of hydrogen-bond acceptors (Lipinski definition) is 5. The SMILES string of the molecule is CCNc1nc(NC)nc(=O)[nH]1. The lowest BCUT2D eigenvalue weighted by atomic mass is 10.7. The van der Waals surface area contributed by atoms with Gasteiger partial charge in [-0.15, -0.1) is 0 Å². The summed E-state index contributed by atoms with van der Waals surface area (Å²) in [4.78, 5) is 20.8. The molecule has 0 aliphatic heterocycles. The van der Waals surface area contributed by atoms with Gasteiger partial charge >= 0.3 is 5.69 Å². The van der Waals surface area contributed by atoms with Gasteiger partial charge in [0.1, 0.15) is 0 Å². The van der Waals surface area contributed by atoms with Crippen molar-refractivity contribution >= 4 is 11.9 Å². The highest BCUT2D eigenvalue weighted by molar-refractivity contribution is 5.31. The molecule has 0 radical (unpaired) electrons. The molecule has 1 rings (SSSR count). The Morgan fingerprint density at radius 1 is 1.50 bits per heavy atom. The fourth-order valence-corrected chi connectivity index (χ4v) is 0.747. The van der Waals surface area contributed by atoms with E-state index in [0.29, 0.717) is 18.4 Å². The van der Waals surface area contributed by atoms with Crippen LogP contribution < -0.4 is 16.3 Å². The Bertz CT molecular complexity index is 307.